The Morgan fingerprint density at radius 1 is 1.20 bits per heavy atom. The van der Waals surface area contributed by atoms with Gasteiger partial charge in [0.2, 0.25) is 5.71 Å². The first-order chi connectivity index (χ1) is 19.3. The molecule has 40 heavy (non-hydrogen) atoms. The molecule has 0 radical (unpaired) electrons. The lowest BCUT2D eigenvalue weighted by molar-refractivity contribution is -0.139. The summed E-state index contributed by atoms with van der Waals surface area (Å²) in [4.78, 5) is 50.5. The minimum absolute atomic E-state index is 0.0275. The fraction of sp³-hybridized carbons (Fsp3) is 0.393. The van der Waals surface area contributed by atoms with E-state index in [-0.39, 0.29) is 28.8 Å². The van der Waals surface area contributed by atoms with Crippen LogP contribution in [0, 0.1) is 6.92 Å². The number of rotatable bonds is 6. The highest BCUT2D eigenvalue weighted by molar-refractivity contribution is 6.35. The quantitative estimate of drug-likeness (QED) is 0.306. The number of carbonyl (C=O) groups excluding carboxylic acids is 2. The number of likely N-dealkylation sites (tertiary alicyclic amines) is 1. The summed E-state index contributed by atoms with van der Waals surface area (Å²) in [5.41, 5.74) is 2.83. The minimum Gasteiger partial charge on any atom is -0.480 e. The standard InChI is InChI=1S/C28H31ClN6O5/c1-16-12-18-15-35(26(37)21-13-17-6-5-8-31-25(17)40-21)11-7-19(18)23(29)22(16)24(36)33-20(27(38)39)14-32-28(30-2)34-9-3-4-10-34/h5-6,8,12-13,20H,3-4,7,9-11,14-15H2,1-2H3,(H,30,32)(H,33,36)(H,38,39)/t20-/m0/s1. The maximum atomic E-state index is 13.3. The molecule has 1 atom stereocenters. The molecule has 5 rings (SSSR count). The van der Waals surface area contributed by atoms with Crippen LogP contribution >= 0.6 is 11.6 Å². The van der Waals surface area contributed by atoms with Gasteiger partial charge in [0, 0.05) is 51.4 Å². The van der Waals surface area contributed by atoms with Crippen molar-refractivity contribution in [1.82, 2.24) is 25.4 Å². The highest BCUT2D eigenvalue weighted by Gasteiger charge is 2.30. The van der Waals surface area contributed by atoms with E-state index in [2.05, 4.69) is 25.5 Å². The molecule has 0 bridgehead atoms. The van der Waals surface area contributed by atoms with Crippen molar-refractivity contribution >= 4 is 46.4 Å². The molecule has 0 unspecified atom stereocenters. The monoisotopic (exact) mass is 566 g/mol. The van der Waals surface area contributed by atoms with E-state index in [0.717, 1.165) is 42.4 Å². The molecule has 0 aliphatic carbocycles. The van der Waals surface area contributed by atoms with Gasteiger partial charge in [0.15, 0.2) is 11.7 Å². The van der Waals surface area contributed by atoms with E-state index in [1.54, 1.807) is 37.2 Å². The van der Waals surface area contributed by atoms with E-state index >= 15 is 0 Å². The van der Waals surface area contributed by atoms with Gasteiger partial charge in [0.1, 0.15) is 6.04 Å². The smallest absolute Gasteiger partial charge is 0.328 e. The molecule has 0 spiro atoms. The fourth-order valence-electron chi connectivity index (χ4n) is 5.30. The molecular weight excluding hydrogens is 536 g/mol. The summed E-state index contributed by atoms with van der Waals surface area (Å²) in [6, 6.07) is 5.93. The van der Waals surface area contributed by atoms with Gasteiger partial charge >= 0.3 is 5.97 Å². The van der Waals surface area contributed by atoms with Crippen LogP contribution in [0.15, 0.2) is 39.9 Å². The van der Waals surface area contributed by atoms with Crippen LogP contribution in [0.25, 0.3) is 11.1 Å². The third-order valence-corrected chi connectivity index (χ3v) is 7.77. The Bertz CT molecular complexity index is 1460. The molecule has 1 aromatic carbocycles. The second-order valence-corrected chi connectivity index (χ2v) is 10.4. The zero-order valence-corrected chi connectivity index (χ0v) is 23.1. The Morgan fingerprint density at radius 3 is 2.67 bits per heavy atom. The van der Waals surface area contributed by atoms with Gasteiger partial charge in [0.05, 0.1) is 10.6 Å². The number of carboxylic acid groups (broad SMARTS) is 1. The summed E-state index contributed by atoms with van der Waals surface area (Å²) in [6.45, 7) is 4.12. The lowest BCUT2D eigenvalue weighted by atomic mass is 9.93. The van der Waals surface area contributed by atoms with Gasteiger partial charge in [0.25, 0.3) is 11.8 Å². The summed E-state index contributed by atoms with van der Waals surface area (Å²) in [5, 5.41) is 16.5. The van der Waals surface area contributed by atoms with E-state index in [1.165, 1.54) is 0 Å². The second kappa shape index (κ2) is 11.5. The zero-order chi connectivity index (χ0) is 28.4. The number of guanidine groups is 1. The minimum atomic E-state index is -1.19. The molecule has 3 N–H and O–H groups in total. The maximum absolute atomic E-state index is 13.3. The Labute approximate surface area is 236 Å². The van der Waals surface area contributed by atoms with Crippen LogP contribution in [0.2, 0.25) is 5.02 Å². The number of nitrogens with one attached hydrogen (secondary N) is 2. The number of hydrogen-bond donors (Lipinski definition) is 3. The first-order valence-electron chi connectivity index (χ1n) is 13.2. The third-order valence-electron chi connectivity index (χ3n) is 7.35. The van der Waals surface area contributed by atoms with E-state index < -0.39 is 17.9 Å². The summed E-state index contributed by atoms with van der Waals surface area (Å²) in [6.07, 6.45) is 4.16. The van der Waals surface area contributed by atoms with Crippen molar-refractivity contribution in [2.45, 2.75) is 38.8 Å². The summed E-state index contributed by atoms with van der Waals surface area (Å²) in [7, 11) is 1.65. The van der Waals surface area contributed by atoms with Crippen molar-refractivity contribution < 1.29 is 23.9 Å². The number of aryl methyl sites for hydroxylation is 1. The molecule has 2 aliphatic heterocycles. The first kappa shape index (κ1) is 27.4. The van der Waals surface area contributed by atoms with E-state index in [1.807, 2.05) is 12.1 Å². The van der Waals surface area contributed by atoms with Gasteiger partial charge in [-0.3, -0.25) is 14.6 Å². The number of halogens is 1. The number of aliphatic carboxylic acids is 1. The molecule has 2 aromatic heterocycles. The normalized spacial score (nSPS) is 16.1. The Hall–Kier alpha value is -4.12. The predicted molar refractivity (Wildman–Crippen MR) is 150 cm³/mol. The van der Waals surface area contributed by atoms with E-state index in [4.69, 9.17) is 16.0 Å². The van der Waals surface area contributed by atoms with E-state index in [0.29, 0.717) is 36.7 Å². The molecular formula is C28H31ClN6O5. The van der Waals surface area contributed by atoms with Crippen LogP contribution in [0.1, 0.15) is 50.4 Å². The molecule has 2 amide bonds. The number of benzene rings is 1. The van der Waals surface area contributed by atoms with Crippen molar-refractivity contribution in [2.24, 2.45) is 4.99 Å². The molecule has 1 saturated heterocycles. The highest BCUT2D eigenvalue weighted by Crippen LogP contribution is 2.33. The van der Waals surface area contributed by atoms with Gasteiger partial charge in [-0.05, 0) is 61.1 Å². The number of fused-ring (bicyclic) bond motifs is 2. The van der Waals surface area contributed by atoms with Gasteiger partial charge in [-0.2, -0.15) is 0 Å². The molecule has 3 aromatic rings. The fourth-order valence-corrected chi connectivity index (χ4v) is 5.75. The topological polar surface area (TPSA) is 140 Å². The number of nitrogens with zero attached hydrogens (tertiary/aromatic N) is 4. The predicted octanol–water partition coefficient (Wildman–Crippen LogP) is 2.84. The van der Waals surface area contributed by atoms with Crippen LogP contribution < -0.4 is 10.6 Å². The third kappa shape index (κ3) is 5.46. The van der Waals surface area contributed by atoms with Crippen molar-refractivity contribution in [1.29, 1.82) is 0 Å². The SMILES string of the molecule is CN=C(NC[C@H](NC(=O)c1c(C)cc2c(c1Cl)CCN(C(=O)c1cc3cccnc3o1)C2)C(=O)O)N1CCCC1. The number of carboxylic acids is 1. The molecule has 12 heteroatoms. The largest absolute Gasteiger partial charge is 0.480 e. The van der Waals surface area contributed by atoms with Crippen molar-refractivity contribution in [3.8, 4) is 0 Å². The Balaban J connectivity index is 1.29. The Morgan fingerprint density at radius 2 is 1.98 bits per heavy atom. The average Bonchev–Trinajstić information content (AvgIpc) is 3.62. The number of hydrogen-bond acceptors (Lipinski definition) is 6. The summed E-state index contributed by atoms with van der Waals surface area (Å²) >= 11 is 6.74. The zero-order valence-electron chi connectivity index (χ0n) is 22.4. The van der Waals surface area contributed by atoms with Crippen LogP contribution in [-0.2, 0) is 17.8 Å². The lowest BCUT2D eigenvalue weighted by Crippen LogP contribution is -2.51. The van der Waals surface area contributed by atoms with Gasteiger partial charge in [-0.1, -0.05) is 17.7 Å². The Kier molecular flexibility index (Phi) is 7.92. The van der Waals surface area contributed by atoms with Crippen LogP contribution in [0.3, 0.4) is 0 Å². The summed E-state index contributed by atoms with van der Waals surface area (Å²) in [5.74, 6) is -1.16. The van der Waals surface area contributed by atoms with Gasteiger partial charge in [-0.25, -0.2) is 9.78 Å². The van der Waals surface area contributed by atoms with Crippen molar-refractivity contribution in [3.63, 3.8) is 0 Å². The molecule has 210 valence electrons. The number of carbonyl (C=O) groups is 3. The molecule has 11 nitrogen and oxygen atoms in total. The van der Waals surface area contributed by atoms with Gasteiger partial charge in [-0.15, -0.1) is 0 Å². The van der Waals surface area contributed by atoms with Crippen molar-refractivity contribution in [2.75, 3.05) is 33.2 Å². The highest BCUT2D eigenvalue weighted by atomic mass is 35.5. The van der Waals surface area contributed by atoms with Crippen LogP contribution in [-0.4, -0.2) is 82.9 Å². The molecule has 2 aliphatic rings. The number of furan rings is 1. The van der Waals surface area contributed by atoms with Crippen LogP contribution in [0.5, 0.6) is 0 Å². The van der Waals surface area contributed by atoms with Crippen molar-refractivity contribution in [3.05, 3.63) is 63.5 Å². The average molecular weight is 567 g/mol. The maximum Gasteiger partial charge on any atom is 0.328 e. The van der Waals surface area contributed by atoms with Gasteiger partial charge < -0.3 is 30.0 Å². The second-order valence-electron chi connectivity index (χ2n) is 9.99. The molecule has 4 heterocycles. The number of aliphatic imine (C=N–C) groups is 1. The number of amides is 2. The first-order valence-corrected chi connectivity index (χ1v) is 13.6. The lowest BCUT2D eigenvalue weighted by Gasteiger charge is -2.30. The molecule has 0 saturated carbocycles. The summed E-state index contributed by atoms with van der Waals surface area (Å²) < 4.78 is 5.65. The van der Waals surface area contributed by atoms with E-state index in [9.17, 15) is 19.5 Å². The molecule has 1 fully saturated rings. The van der Waals surface area contributed by atoms with Crippen LogP contribution in [0.4, 0.5) is 0 Å². The number of pyridine rings is 1. The number of aromatic nitrogens is 1.